The Morgan fingerprint density at radius 2 is 1.73 bits per heavy atom. The van der Waals surface area contributed by atoms with Crippen LogP contribution in [0, 0.1) is 32.6 Å². The van der Waals surface area contributed by atoms with Gasteiger partial charge >= 0.3 is 0 Å². The van der Waals surface area contributed by atoms with Gasteiger partial charge in [0.25, 0.3) is 0 Å². The summed E-state index contributed by atoms with van der Waals surface area (Å²) >= 11 is 0. The van der Waals surface area contributed by atoms with Crippen molar-refractivity contribution >= 4 is 11.6 Å². The molecule has 6 nitrogen and oxygen atoms in total. The van der Waals surface area contributed by atoms with Crippen molar-refractivity contribution in [1.82, 2.24) is 24.8 Å². The molecular formula is C27H37N5O. The second kappa shape index (κ2) is 10.0. The zero-order chi connectivity index (χ0) is 23.5. The van der Waals surface area contributed by atoms with Crippen LogP contribution in [0.25, 0.3) is 5.65 Å². The van der Waals surface area contributed by atoms with E-state index in [1.807, 2.05) is 31.4 Å². The molecule has 1 aliphatic rings. The number of hydrogen-bond acceptors (Lipinski definition) is 4. The van der Waals surface area contributed by atoms with Gasteiger partial charge in [0.05, 0.1) is 5.69 Å². The lowest BCUT2D eigenvalue weighted by molar-refractivity contribution is -0.121. The van der Waals surface area contributed by atoms with Gasteiger partial charge in [-0.3, -0.25) is 9.69 Å². The first-order valence-corrected chi connectivity index (χ1v) is 12.2. The van der Waals surface area contributed by atoms with Crippen molar-refractivity contribution in [1.29, 1.82) is 0 Å². The molecule has 0 radical (unpaired) electrons. The van der Waals surface area contributed by atoms with Crippen LogP contribution in [-0.2, 0) is 24.3 Å². The lowest BCUT2D eigenvalue weighted by Gasteiger charge is -2.35. The number of piperidine rings is 1. The highest BCUT2D eigenvalue weighted by molar-refractivity contribution is 5.76. The van der Waals surface area contributed by atoms with Gasteiger partial charge in [-0.2, -0.15) is 5.10 Å². The fourth-order valence-corrected chi connectivity index (χ4v) is 5.27. The Morgan fingerprint density at radius 3 is 2.42 bits per heavy atom. The average molecular weight is 448 g/mol. The third kappa shape index (κ3) is 5.80. The van der Waals surface area contributed by atoms with Gasteiger partial charge in [0.2, 0.25) is 5.91 Å². The van der Waals surface area contributed by atoms with Crippen molar-refractivity contribution in [3.63, 3.8) is 0 Å². The summed E-state index contributed by atoms with van der Waals surface area (Å²) in [6.45, 7) is 14.7. The quantitative estimate of drug-likeness (QED) is 0.584. The van der Waals surface area contributed by atoms with Crippen molar-refractivity contribution < 1.29 is 4.79 Å². The van der Waals surface area contributed by atoms with Crippen LogP contribution in [0.4, 0.5) is 0 Å². The molecular weight excluding hydrogens is 410 g/mol. The Bertz CT molecular complexity index is 1110. The third-order valence-corrected chi connectivity index (χ3v) is 6.75. The van der Waals surface area contributed by atoms with Gasteiger partial charge in [0.15, 0.2) is 5.65 Å². The number of aryl methyl sites for hydroxylation is 3. The molecule has 2 unspecified atom stereocenters. The average Bonchev–Trinajstić information content (AvgIpc) is 3.12. The number of carbonyl (C=O) groups is 1. The molecule has 3 heterocycles. The molecule has 0 saturated carbocycles. The highest BCUT2D eigenvalue weighted by Gasteiger charge is 2.21. The van der Waals surface area contributed by atoms with Crippen LogP contribution >= 0.6 is 0 Å². The number of benzene rings is 1. The van der Waals surface area contributed by atoms with E-state index in [2.05, 4.69) is 58.4 Å². The molecule has 1 aromatic carbocycles. The van der Waals surface area contributed by atoms with E-state index in [4.69, 9.17) is 0 Å². The molecule has 1 aliphatic heterocycles. The van der Waals surface area contributed by atoms with Crippen LogP contribution in [0.5, 0.6) is 0 Å². The molecule has 6 heteroatoms. The predicted molar refractivity (Wildman–Crippen MR) is 132 cm³/mol. The summed E-state index contributed by atoms with van der Waals surface area (Å²) in [6.07, 6.45) is 2.44. The fraction of sp³-hybridized carbons (Fsp3) is 0.519. The smallest absolute Gasteiger partial charge is 0.220 e. The van der Waals surface area contributed by atoms with Gasteiger partial charge in [0.1, 0.15) is 0 Å². The van der Waals surface area contributed by atoms with Crippen LogP contribution in [0.3, 0.4) is 0 Å². The second-order valence-electron chi connectivity index (χ2n) is 10.1. The Kier molecular flexibility index (Phi) is 7.13. The van der Waals surface area contributed by atoms with Crippen LogP contribution < -0.4 is 5.32 Å². The van der Waals surface area contributed by atoms with Crippen molar-refractivity contribution in [2.75, 3.05) is 13.1 Å². The van der Waals surface area contributed by atoms with E-state index in [1.54, 1.807) is 0 Å². The molecule has 1 N–H and O–H groups in total. The van der Waals surface area contributed by atoms with Gasteiger partial charge in [-0.1, -0.05) is 38.1 Å². The summed E-state index contributed by atoms with van der Waals surface area (Å²) in [7, 11) is 0. The minimum atomic E-state index is 0.0610. The first-order chi connectivity index (χ1) is 15.8. The lowest BCUT2D eigenvalue weighted by Crippen LogP contribution is -2.38. The predicted octanol–water partition coefficient (Wildman–Crippen LogP) is 4.38. The van der Waals surface area contributed by atoms with Crippen molar-refractivity contribution in [3.05, 3.63) is 64.1 Å². The van der Waals surface area contributed by atoms with E-state index in [0.29, 0.717) is 19.4 Å². The van der Waals surface area contributed by atoms with E-state index in [9.17, 15) is 4.79 Å². The molecule has 3 aromatic rings. The molecule has 1 amide bonds. The maximum absolute atomic E-state index is 12.5. The van der Waals surface area contributed by atoms with Gasteiger partial charge in [0, 0.05) is 50.1 Å². The number of amides is 1. The Hall–Kier alpha value is -2.73. The molecule has 2 aromatic heterocycles. The highest BCUT2D eigenvalue weighted by Crippen LogP contribution is 2.22. The largest absolute Gasteiger partial charge is 0.352 e. The van der Waals surface area contributed by atoms with Crippen molar-refractivity contribution in [2.45, 2.75) is 67.0 Å². The molecule has 176 valence electrons. The molecule has 1 fully saturated rings. The van der Waals surface area contributed by atoms with Crippen LogP contribution in [0.1, 0.15) is 60.5 Å². The van der Waals surface area contributed by atoms with E-state index in [1.165, 1.54) is 25.1 Å². The number of nitrogens with one attached hydrogen (secondary N) is 1. The van der Waals surface area contributed by atoms with E-state index < -0.39 is 0 Å². The molecule has 0 bridgehead atoms. The number of nitrogens with zero attached hydrogens (tertiary/aromatic N) is 4. The molecule has 2 atom stereocenters. The molecule has 0 aliphatic carbocycles. The highest BCUT2D eigenvalue weighted by atomic mass is 16.1. The fourth-order valence-electron chi connectivity index (χ4n) is 5.27. The first-order valence-electron chi connectivity index (χ1n) is 12.2. The normalized spacial score (nSPS) is 19.2. The summed E-state index contributed by atoms with van der Waals surface area (Å²) < 4.78 is 1.88. The Balaban J connectivity index is 1.27. The SMILES string of the molecule is Cc1cc2nc(C)c(CCC(=O)NCc3ccc(CN4CC(C)CC(C)C4)cc3)c(C)n2n1. The Morgan fingerprint density at radius 1 is 1.06 bits per heavy atom. The number of rotatable bonds is 7. The second-order valence-corrected chi connectivity index (χ2v) is 10.1. The lowest BCUT2D eigenvalue weighted by atomic mass is 9.91. The molecule has 4 rings (SSSR count). The van der Waals surface area contributed by atoms with Gasteiger partial charge in [-0.25, -0.2) is 9.50 Å². The van der Waals surface area contributed by atoms with Crippen LogP contribution in [0.2, 0.25) is 0 Å². The zero-order valence-corrected chi connectivity index (χ0v) is 20.7. The van der Waals surface area contributed by atoms with Crippen molar-refractivity contribution in [2.24, 2.45) is 11.8 Å². The van der Waals surface area contributed by atoms with E-state index in [-0.39, 0.29) is 5.91 Å². The molecule has 33 heavy (non-hydrogen) atoms. The van der Waals surface area contributed by atoms with Gasteiger partial charge in [-0.15, -0.1) is 0 Å². The summed E-state index contributed by atoms with van der Waals surface area (Å²) in [5, 5.41) is 7.59. The molecule has 0 spiro atoms. The van der Waals surface area contributed by atoms with Gasteiger partial charge in [-0.05, 0) is 62.1 Å². The minimum absolute atomic E-state index is 0.0610. The number of fused-ring (bicyclic) bond motifs is 1. The number of hydrogen-bond donors (Lipinski definition) is 1. The Labute approximate surface area is 197 Å². The van der Waals surface area contributed by atoms with E-state index >= 15 is 0 Å². The molecule has 1 saturated heterocycles. The number of carbonyl (C=O) groups excluding carboxylic acids is 1. The van der Waals surface area contributed by atoms with Crippen LogP contribution in [0.15, 0.2) is 30.3 Å². The number of likely N-dealkylation sites (tertiary alicyclic amines) is 1. The first kappa shape index (κ1) is 23.4. The maximum Gasteiger partial charge on any atom is 0.220 e. The standard InChI is InChI=1S/C27H37N5O/c1-18-12-19(2)16-31(15-18)17-24-8-6-23(7-9-24)14-28-27(33)11-10-25-21(4)29-26-13-20(3)30-32(26)22(25)5/h6-9,13,18-19H,10-12,14-17H2,1-5H3,(H,28,33). The third-order valence-electron chi connectivity index (χ3n) is 6.75. The maximum atomic E-state index is 12.5. The topological polar surface area (TPSA) is 62.5 Å². The minimum Gasteiger partial charge on any atom is -0.352 e. The summed E-state index contributed by atoms with van der Waals surface area (Å²) in [6, 6.07) is 10.7. The van der Waals surface area contributed by atoms with E-state index in [0.717, 1.165) is 52.2 Å². The van der Waals surface area contributed by atoms with Crippen molar-refractivity contribution in [3.8, 4) is 0 Å². The summed E-state index contributed by atoms with van der Waals surface area (Å²) in [4.78, 5) is 19.7. The summed E-state index contributed by atoms with van der Waals surface area (Å²) in [5.41, 5.74) is 7.43. The van der Waals surface area contributed by atoms with Crippen LogP contribution in [-0.4, -0.2) is 38.5 Å². The van der Waals surface area contributed by atoms with Gasteiger partial charge < -0.3 is 5.32 Å². The monoisotopic (exact) mass is 447 g/mol. The zero-order valence-electron chi connectivity index (χ0n) is 20.7. The number of aromatic nitrogens is 3. The summed E-state index contributed by atoms with van der Waals surface area (Å²) in [5.74, 6) is 1.61.